The van der Waals surface area contributed by atoms with Crippen molar-refractivity contribution >= 4 is 34.1 Å². The van der Waals surface area contributed by atoms with Gasteiger partial charge in [-0.25, -0.2) is 9.67 Å². The van der Waals surface area contributed by atoms with E-state index in [0.29, 0.717) is 15.6 Å². The smallest absolute Gasteiger partial charge is 0.434 e. The van der Waals surface area contributed by atoms with Crippen LogP contribution in [-0.2, 0) is 6.18 Å². The molecule has 11 heteroatoms. The Labute approximate surface area is 190 Å². The van der Waals surface area contributed by atoms with Gasteiger partial charge in [-0.05, 0) is 43.2 Å². The molecule has 168 valence electrons. The molecule has 0 aliphatic heterocycles. The van der Waals surface area contributed by atoms with Crippen molar-refractivity contribution in [3.8, 4) is 11.6 Å². The zero-order valence-electron chi connectivity index (χ0n) is 16.8. The van der Waals surface area contributed by atoms with E-state index in [9.17, 15) is 18.0 Å². The third kappa shape index (κ3) is 4.21. The predicted octanol–water partition coefficient (Wildman–Crippen LogP) is 5.28. The number of ether oxygens (including phenoxy) is 1. The lowest BCUT2D eigenvalue weighted by Crippen LogP contribution is -2.21. The van der Waals surface area contributed by atoms with E-state index in [2.05, 4.69) is 20.4 Å². The van der Waals surface area contributed by atoms with E-state index >= 15 is 0 Å². The van der Waals surface area contributed by atoms with Crippen LogP contribution in [0.2, 0.25) is 5.02 Å². The third-order valence-electron chi connectivity index (χ3n) is 5.00. The summed E-state index contributed by atoms with van der Waals surface area (Å²) in [4.78, 5) is 21.0. The van der Waals surface area contributed by atoms with Gasteiger partial charge in [0, 0.05) is 11.6 Å². The van der Waals surface area contributed by atoms with Gasteiger partial charge in [0.2, 0.25) is 5.88 Å². The SMILES string of the molecule is O=C(Nc1cnc(OC2CC2)c(Cl)c1)c1cnn(-c2cccc3ncccc23)c1C(F)(F)F. The van der Waals surface area contributed by atoms with Crippen LogP contribution in [0.3, 0.4) is 0 Å². The monoisotopic (exact) mass is 473 g/mol. The maximum Gasteiger partial charge on any atom is 0.434 e. The summed E-state index contributed by atoms with van der Waals surface area (Å²) >= 11 is 6.13. The molecule has 1 fully saturated rings. The van der Waals surface area contributed by atoms with Crippen LogP contribution in [0, 0.1) is 0 Å². The van der Waals surface area contributed by atoms with Crippen molar-refractivity contribution in [2.45, 2.75) is 25.1 Å². The molecule has 7 nitrogen and oxygen atoms in total. The molecule has 5 rings (SSSR count). The van der Waals surface area contributed by atoms with E-state index in [4.69, 9.17) is 16.3 Å². The number of rotatable bonds is 5. The molecule has 3 heterocycles. The largest absolute Gasteiger partial charge is 0.473 e. The maximum absolute atomic E-state index is 14.1. The number of amides is 1. The van der Waals surface area contributed by atoms with Crippen LogP contribution in [-0.4, -0.2) is 31.8 Å². The molecule has 0 bridgehead atoms. The Balaban J connectivity index is 1.50. The number of benzene rings is 1. The lowest BCUT2D eigenvalue weighted by atomic mass is 10.1. The summed E-state index contributed by atoms with van der Waals surface area (Å²) in [6, 6.07) is 9.36. The molecule has 1 saturated carbocycles. The first-order chi connectivity index (χ1) is 15.8. The van der Waals surface area contributed by atoms with E-state index in [0.717, 1.165) is 19.0 Å². The van der Waals surface area contributed by atoms with Crippen LogP contribution in [0.5, 0.6) is 5.88 Å². The minimum absolute atomic E-state index is 0.0693. The molecule has 3 aromatic heterocycles. The first-order valence-corrected chi connectivity index (χ1v) is 10.3. The first-order valence-electron chi connectivity index (χ1n) is 9.94. The summed E-state index contributed by atoms with van der Waals surface area (Å²) in [5, 5.41) is 6.89. The molecule has 33 heavy (non-hydrogen) atoms. The summed E-state index contributed by atoms with van der Waals surface area (Å²) in [7, 11) is 0. The van der Waals surface area contributed by atoms with E-state index < -0.39 is 23.3 Å². The van der Waals surface area contributed by atoms with Gasteiger partial charge in [0.15, 0.2) is 5.69 Å². The summed E-state index contributed by atoms with van der Waals surface area (Å²) in [5.41, 5.74) is -1.07. The quantitative estimate of drug-likeness (QED) is 0.426. The van der Waals surface area contributed by atoms with Gasteiger partial charge in [0.25, 0.3) is 5.91 Å². The molecule has 1 aliphatic carbocycles. The van der Waals surface area contributed by atoms with Gasteiger partial charge in [-0.3, -0.25) is 9.78 Å². The van der Waals surface area contributed by atoms with Crippen LogP contribution in [0.25, 0.3) is 16.6 Å². The number of aromatic nitrogens is 4. The van der Waals surface area contributed by atoms with Gasteiger partial charge in [-0.2, -0.15) is 18.3 Å². The van der Waals surface area contributed by atoms with Gasteiger partial charge in [-0.1, -0.05) is 17.7 Å². The van der Waals surface area contributed by atoms with Gasteiger partial charge < -0.3 is 10.1 Å². The van der Waals surface area contributed by atoms with Gasteiger partial charge in [0.05, 0.1) is 34.8 Å². The zero-order chi connectivity index (χ0) is 23.2. The molecule has 0 spiro atoms. The van der Waals surface area contributed by atoms with Crippen LogP contribution in [0.1, 0.15) is 28.9 Å². The molecular weight excluding hydrogens is 459 g/mol. The second kappa shape index (κ2) is 8.04. The Morgan fingerprint density at radius 2 is 1.97 bits per heavy atom. The fourth-order valence-corrected chi connectivity index (χ4v) is 3.58. The Bertz CT molecular complexity index is 1360. The fourth-order valence-electron chi connectivity index (χ4n) is 3.36. The number of pyridine rings is 2. The molecule has 4 aromatic rings. The van der Waals surface area contributed by atoms with Crippen LogP contribution >= 0.6 is 11.6 Å². The number of hydrogen-bond donors (Lipinski definition) is 1. The highest BCUT2D eigenvalue weighted by Crippen LogP contribution is 2.36. The molecular formula is C22H15ClF3N5O2. The number of carbonyl (C=O) groups is 1. The molecule has 0 saturated heterocycles. The van der Waals surface area contributed by atoms with Crippen molar-refractivity contribution in [1.29, 1.82) is 0 Å². The minimum Gasteiger partial charge on any atom is -0.473 e. The Morgan fingerprint density at radius 3 is 2.70 bits per heavy atom. The molecule has 1 amide bonds. The average Bonchev–Trinajstić information content (AvgIpc) is 3.48. The summed E-state index contributed by atoms with van der Waals surface area (Å²) < 4.78 is 48.4. The molecule has 0 unspecified atom stereocenters. The van der Waals surface area contributed by atoms with Crippen molar-refractivity contribution in [2.75, 3.05) is 5.32 Å². The number of nitrogens with one attached hydrogen (secondary N) is 1. The van der Waals surface area contributed by atoms with E-state index in [1.165, 1.54) is 18.3 Å². The van der Waals surface area contributed by atoms with Gasteiger partial charge in [-0.15, -0.1) is 0 Å². The summed E-state index contributed by atoms with van der Waals surface area (Å²) in [5.74, 6) is -0.786. The zero-order valence-corrected chi connectivity index (χ0v) is 17.6. The number of carbonyl (C=O) groups excluding carboxylic acids is 1. The molecule has 0 radical (unpaired) electrons. The number of hydrogen-bond acceptors (Lipinski definition) is 5. The van der Waals surface area contributed by atoms with E-state index in [-0.39, 0.29) is 28.4 Å². The molecule has 1 aromatic carbocycles. The minimum atomic E-state index is -4.86. The van der Waals surface area contributed by atoms with E-state index in [1.54, 1.807) is 30.5 Å². The van der Waals surface area contributed by atoms with Crippen LogP contribution < -0.4 is 10.1 Å². The van der Waals surface area contributed by atoms with Gasteiger partial charge >= 0.3 is 6.18 Å². The number of anilines is 1. The number of alkyl halides is 3. The van der Waals surface area contributed by atoms with Crippen LogP contribution in [0.4, 0.5) is 18.9 Å². The highest BCUT2D eigenvalue weighted by atomic mass is 35.5. The topological polar surface area (TPSA) is 81.9 Å². The Hall–Kier alpha value is -3.66. The fraction of sp³-hybridized carbons (Fsp3) is 0.182. The number of halogens is 4. The predicted molar refractivity (Wildman–Crippen MR) is 115 cm³/mol. The van der Waals surface area contributed by atoms with Crippen molar-refractivity contribution in [1.82, 2.24) is 19.7 Å². The van der Waals surface area contributed by atoms with Crippen LogP contribution in [0.15, 0.2) is 55.0 Å². The standard InChI is InChI=1S/C22H15ClF3N5O2/c23-16-9-12(10-28-21(16)33-13-6-7-13)30-20(32)15-11-29-31(19(15)22(24,25)26)18-5-1-4-17-14(18)3-2-8-27-17/h1-5,8-11,13H,6-7H2,(H,30,32). The molecule has 1 aliphatic rings. The summed E-state index contributed by atoms with van der Waals surface area (Å²) in [6.45, 7) is 0. The Kier molecular flexibility index (Phi) is 5.16. The number of fused-ring (bicyclic) bond motifs is 1. The lowest BCUT2D eigenvalue weighted by Gasteiger charge is -2.14. The van der Waals surface area contributed by atoms with E-state index in [1.807, 2.05) is 0 Å². The van der Waals surface area contributed by atoms with Gasteiger partial charge in [0.1, 0.15) is 11.1 Å². The number of nitrogens with zero attached hydrogens (tertiary/aromatic N) is 4. The third-order valence-corrected chi connectivity index (χ3v) is 5.27. The van der Waals surface area contributed by atoms with Crippen molar-refractivity contribution < 1.29 is 22.7 Å². The summed E-state index contributed by atoms with van der Waals surface area (Å²) in [6.07, 6.45) is 0.730. The highest BCUT2D eigenvalue weighted by Gasteiger charge is 2.41. The van der Waals surface area contributed by atoms with Crippen molar-refractivity contribution in [2.24, 2.45) is 0 Å². The first kappa shape index (κ1) is 21.2. The normalized spacial score (nSPS) is 13.8. The molecule has 0 atom stereocenters. The Morgan fingerprint density at radius 1 is 1.15 bits per heavy atom. The van der Waals surface area contributed by atoms with Crippen molar-refractivity contribution in [3.63, 3.8) is 0 Å². The average molecular weight is 474 g/mol. The lowest BCUT2D eigenvalue weighted by molar-refractivity contribution is -0.143. The second-order valence-corrected chi connectivity index (χ2v) is 7.85. The molecule has 1 N–H and O–H groups in total. The second-order valence-electron chi connectivity index (χ2n) is 7.45. The van der Waals surface area contributed by atoms with Crippen molar-refractivity contribution in [3.05, 3.63) is 71.3 Å². The highest BCUT2D eigenvalue weighted by molar-refractivity contribution is 6.32. The maximum atomic E-state index is 14.1.